The second kappa shape index (κ2) is 6.33. The molecule has 3 aromatic rings. The molecule has 1 aliphatic rings. The summed E-state index contributed by atoms with van der Waals surface area (Å²) in [4.78, 5) is 4.42. The van der Waals surface area contributed by atoms with Crippen LogP contribution in [0, 0.1) is 0 Å². The lowest BCUT2D eigenvalue weighted by Gasteiger charge is -2.06. The molecular formula is C16H16ClN5O2. The van der Waals surface area contributed by atoms with E-state index in [1.54, 1.807) is 12.1 Å². The summed E-state index contributed by atoms with van der Waals surface area (Å²) in [6.07, 6.45) is 2.28. The van der Waals surface area contributed by atoms with E-state index in [0.29, 0.717) is 35.1 Å². The van der Waals surface area contributed by atoms with Crippen LogP contribution < -0.4 is 5.32 Å². The Labute approximate surface area is 143 Å². The summed E-state index contributed by atoms with van der Waals surface area (Å²) < 4.78 is 10.9. The van der Waals surface area contributed by atoms with Gasteiger partial charge in [0.05, 0.1) is 12.6 Å². The Morgan fingerprint density at radius 3 is 2.79 bits per heavy atom. The summed E-state index contributed by atoms with van der Waals surface area (Å²) in [6, 6.07) is 7.16. The highest BCUT2D eigenvalue weighted by molar-refractivity contribution is 6.30. The van der Waals surface area contributed by atoms with Gasteiger partial charge in [0.2, 0.25) is 23.5 Å². The lowest BCUT2D eigenvalue weighted by molar-refractivity contribution is 0.330. The maximum absolute atomic E-state index is 5.89. The predicted molar refractivity (Wildman–Crippen MR) is 86.3 cm³/mol. The molecule has 0 aliphatic heterocycles. The SMILES string of the molecule is C[C@H](NCc1nnc(C2CC2)o1)c1nc(-c2ccc(Cl)cc2)no1. The largest absolute Gasteiger partial charge is 0.424 e. The topological polar surface area (TPSA) is 89.9 Å². The zero-order chi connectivity index (χ0) is 16.5. The predicted octanol–water partition coefficient (Wildman–Crippen LogP) is 3.50. The standard InChI is InChI=1S/C16H16ClN5O2/c1-9(18-8-13-20-21-16(23-13)11-2-3-11)15-19-14(22-24-15)10-4-6-12(17)7-5-10/h4-7,9,11,18H,2-3,8H2,1H3/t9-/m0/s1. The van der Waals surface area contributed by atoms with Crippen LogP contribution >= 0.6 is 11.6 Å². The fourth-order valence-corrected chi connectivity index (χ4v) is 2.41. The van der Waals surface area contributed by atoms with Crippen molar-refractivity contribution in [3.05, 3.63) is 47.0 Å². The van der Waals surface area contributed by atoms with E-state index < -0.39 is 0 Å². The number of nitrogens with zero attached hydrogens (tertiary/aromatic N) is 4. The number of halogens is 1. The zero-order valence-corrected chi connectivity index (χ0v) is 13.8. The summed E-state index contributed by atoms with van der Waals surface area (Å²) in [7, 11) is 0. The van der Waals surface area contributed by atoms with Crippen molar-refractivity contribution < 1.29 is 8.94 Å². The highest BCUT2D eigenvalue weighted by atomic mass is 35.5. The normalized spacial score (nSPS) is 15.6. The van der Waals surface area contributed by atoms with E-state index in [2.05, 4.69) is 25.7 Å². The molecule has 24 heavy (non-hydrogen) atoms. The van der Waals surface area contributed by atoms with Crippen LogP contribution in [0.5, 0.6) is 0 Å². The van der Waals surface area contributed by atoms with Gasteiger partial charge in [-0.05, 0) is 44.0 Å². The van der Waals surface area contributed by atoms with Gasteiger partial charge in [-0.25, -0.2) is 0 Å². The average Bonchev–Trinajstić information content (AvgIpc) is 3.13. The van der Waals surface area contributed by atoms with E-state index in [-0.39, 0.29) is 6.04 Å². The number of nitrogens with one attached hydrogen (secondary N) is 1. The number of hydrogen-bond donors (Lipinski definition) is 1. The molecular weight excluding hydrogens is 330 g/mol. The highest BCUT2D eigenvalue weighted by Gasteiger charge is 2.29. The van der Waals surface area contributed by atoms with Crippen molar-refractivity contribution in [2.45, 2.75) is 38.3 Å². The molecule has 2 heterocycles. The monoisotopic (exact) mass is 345 g/mol. The van der Waals surface area contributed by atoms with Crippen molar-refractivity contribution in [2.24, 2.45) is 0 Å². The number of benzene rings is 1. The quantitative estimate of drug-likeness (QED) is 0.731. The minimum absolute atomic E-state index is 0.130. The number of aromatic nitrogens is 4. The number of rotatable bonds is 6. The van der Waals surface area contributed by atoms with Crippen LogP contribution in [0.25, 0.3) is 11.4 Å². The van der Waals surface area contributed by atoms with Crippen molar-refractivity contribution in [3.8, 4) is 11.4 Å². The maximum atomic E-state index is 5.89. The summed E-state index contributed by atoms with van der Waals surface area (Å²) in [5.41, 5.74) is 0.854. The summed E-state index contributed by atoms with van der Waals surface area (Å²) in [5, 5.41) is 16.0. The highest BCUT2D eigenvalue weighted by Crippen LogP contribution is 2.39. The number of hydrogen-bond acceptors (Lipinski definition) is 7. The van der Waals surface area contributed by atoms with E-state index in [4.69, 9.17) is 20.5 Å². The third kappa shape index (κ3) is 3.32. The molecule has 1 aromatic carbocycles. The van der Waals surface area contributed by atoms with Gasteiger partial charge in [0.15, 0.2) is 0 Å². The van der Waals surface area contributed by atoms with Crippen molar-refractivity contribution >= 4 is 11.6 Å². The molecule has 1 N–H and O–H groups in total. The van der Waals surface area contributed by atoms with Gasteiger partial charge in [0.25, 0.3) is 0 Å². The van der Waals surface area contributed by atoms with Crippen LogP contribution in [0.2, 0.25) is 5.02 Å². The Morgan fingerprint density at radius 1 is 1.25 bits per heavy atom. The Hall–Kier alpha value is -2.25. The molecule has 0 amide bonds. The van der Waals surface area contributed by atoms with Gasteiger partial charge in [0, 0.05) is 16.5 Å². The van der Waals surface area contributed by atoms with E-state index in [1.165, 1.54) is 0 Å². The van der Waals surface area contributed by atoms with Gasteiger partial charge in [-0.1, -0.05) is 16.8 Å². The first-order chi connectivity index (χ1) is 11.7. The molecule has 0 radical (unpaired) electrons. The van der Waals surface area contributed by atoms with Crippen LogP contribution in [0.1, 0.15) is 49.4 Å². The van der Waals surface area contributed by atoms with E-state index >= 15 is 0 Å². The lowest BCUT2D eigenvalue weighted by Crippen LogP contribution is -2.18. The first-order valence-electron chi connectivity index (χ1n) is 7.84. The van der Waals surface area contributed by atoms with Gasteiger partial charge in [-0.3, -0.25) is 5.32 Å². The molecule has 4 rings (SSSR count). The molecule has 0 bridgehead atoms. The average molecular weight is 346 g/mol. The van der Waals surface area contributed by atoms with E-state index in [9.17, 15) is 0 Å². The summed E-state index contributed by atoms with van der Waals surface area (Å²) >= 11 is 5.89. The Balaban J connectivity index is 1.38. The van der Waals surface area contributed by atoms with Crippen molar-refractivity contribution in [2.75, 3.05) is 0 Å². The fraction of sp³-hybridized carbons (Fsp3) is 0.375. The third-order valence-electron chi connectivity index (χ3n) is 3.88. The summed E-state index contributed by atoms with van der Waals surface area (Å²) in [5.74, 6) is 2.80. The third-order valence-corrected chi connectivity index (χ3v) is 4.14. The van der Waals surface area contributed by atoms with Gasteiger partial charge in [0.1, 0.15) is 0 Å². The smallest absolute Gasteiger partial charge is 0.243 e. The minimum atomic E-state index is -0.130. The molecule has 2 aromatic heterocycles. The second-order valence-electron chi connectivity index (χ2n) is 5.87. The lowest BCUT2D eigenvalue weighted by atomic mass is 10.2. The second-order valence-corrected chi connectivity index (χ2v) is 6.31. The molecule has 8 heteroatoms. The van der Waals surface area contributed by atoms with Crippen LogP contribution in [-0.4, -0.2) is 20.3 Å². The van der Waals surface area contributed by atoms with Gasteiger partial charge in [-0.2, -0.15) is 4.98 Å². The minimum Gasteiger partial charge on any atom is -0.424 e. The molecule has 0 spiro atoms. The van der Waals surface area contributed by atoms with E-state index in [0.717, 1.165) is 24.3 Å². The van der Waals surface area contributed by atoms with Crippen LogP contribution in [0.15, 0.2) is 33.2 Å². The molecule has 0 unspecified atom stereocenters. The first-order valence-corrected chi connectivity index (χ1v) is 8.22. The van der Waals surface area contributed by atoms with Crippen molar-refractivity contribution in [1.82, 2.24) is 25.7 Å². The van der Waals surface area contributed by atoms with Crippen LogP contribution in [0.4, 0.5) is 0 Å². The van der Waals surface area contributed by atoms with Crippen molar-refractivity contribution in [3.63, 3.8) is 0 Å². The zero-order valence-electron chi connectivity index (χ0n) is 13.1. The van der Waals surface area contributed by atoms with E-state index in [1.807, 2.05) is 19.1 Å². The Kier molecular flexibility index (Phi) is 4.03. The first kappa shape index (κ1) is 15.3. The Bertz CT molecular complexity index is 825. The molecule has 0 saturated heterocycles. The summed E-state index contributed by atoms with van der Waals surface area (Å²) in [6.45, 7) is 2.40. The molecule has 1 fully saturated rings. The maximum Gasteiger partial charge on any atom is 0.243 e. The van der Waals surface area contributed by atoms with Gasteiger partial charge < -0.3 is 8.94 Å². The fourth-order valence-electron chi connectivity index (χ4n) is 2.29. The van der Waals surface area contributed by atoms with Gasteiger partial charge >= 0.3 is 0 Å². The van der Waals surface area contributed by atoms with Crippen molar-refractivity contribution in [1.29, 1.82) is 0 Å². The molecule has 1 atom stereocenters. The Morgan fingerprint density at radius 2 is 2.04 bits per heavy atom. The molecule has 7 nitrogen and oxygen atoms in total. The van der Waals surface area contributed by atoms with Crippen LogP contribution in [0.3, 0.4) is 0 Å². The van der Waals surface area contributed by atoms with Crippen LogP contribution in [-0.2, 0) is 6.54 Å². The van der Waals surface area contributed by atoms with Gasteiger partial charge in [-0.15, -0.1) is 10.2 Å². The molecule has 124 valence electrons. The molecule has 1 aliphatic carbocycles. The molecule has 1 saturated carbocycles.